The lowest BCUT2D eigenvalue weighted by molar-refractivity contribution is 0.0622. The summed E-state index contributed by atoms with van der Waals surface area (Å²) in [6.45, 7) is 5.30. The molecule has 1 N–H and O–H groups in total. The molecule has 1 atom stereocenters. The van der Waals surface area contributed by atoms with Gasteiger partial charge in [-0.15, -0.1) is 11.3 Å². The first kappa shape index (κ1) is 14.8. The summed E-state index contributed by atoms with van der Waals surface area (Å²) >= 11 is 1.49. The minimum Gasteiger partial charge on any atom is -0.347 e. The van der Waals surface area contributed by atoms with Crippen LogP contribution in [0.3, 0.4) is 0 Å². The van der Waals surface area contributed by atoms with Crippen LogP contribution in [0, 0.1) is 12.8 Å². The minimum atomic E-state index is 0.0425. The Morgan fingerprint density at radius 1 is 1.26 bits per heavy atom. The number of aromatic nitrogens is 1. The van der Waals surface area contributed by atoms with Crippen LogP contribution in [-0.2, 0) is 0 Å². The number of fused-ring (bicyclic) bond motifs is 3. The summed E-state index contributed by atoms with van der Waals surface area (Å²) in [4.78, 5) is 20.5. The Labute approximate surface area is 140 Å². The molecule has 1 aromatic carbocycles. The summed E-state index contributed by atoms with van der Waals surface area (Å²) in [6.07, 6.45) is 2.42. The zero-order valence-electron chi connectivity index (χ0n) is 13.3. The first-order valence-corrected chi connectivity index (χ1v) is 9.08. The normalized spacial score (nSPS) is 26.2. The van der Waals surface area contributed by atoms with Crippen molar-refractivity contribution < 1.29 is 4.79 Å². The number of nitrogens with zero attached hydrogens (tertiary/aromatic N) is 2. The van der Waals surface area contributed by atoms with Gasteiger partial charge in [-0.25, -0.2) is 4.98 Å². The SMILES string of the molecule is Cc1nc(-c2ccccc2)sc1C(=O)NC1CN2CCC1CC2. The molecule has 5 heteroatoms. The second kappa shape index (κ2) is 6.06. The number of carbonyl (C=O) groups excluding carboxylic acids is 1. The van der Waals surface area contributed by atoms with Crippen LogP contribution in [-0.4, -0.2) is 41.5 Å². The van der Waals surface area contributed by atoms with E-state index in [4.69, 9.17) is 0 Å². The van der Waals surface area contributed by atoms with Crippen molar-refractivity contribution in [2.24, 2.45) is 5.92 Å². The predicted molar refractivity (Wildman–Crippen MR) is 92.7 cm³/mol. The maximum atomic E-state index is 12.7. The fourth-order valence-electron chi connectivity index (χ4n) is 3.67. The third-order valence-corrected chi connectivity index (χ3v) is 6.20. The van der Waals surface area contributed by atoms with Crippen LogP contribution < -0.4 is 5.32 Å². The number of hydrogen-bond acceptors (Lipinski definition) is 4. The first-order valence-electron chi connectivity index (χ1n) is 8.27. The maximum absolute atomic E-state index is 12.7. The van der Waals surface area contributed by atoms with E-state index in [1.807, 2.05) is 37.3 Å². The zero-order chi connectivity index (χ0) is 15.8. The second-order valence-electron chi connectivity index (χ2n) is 6.52. The highest BCUT2D eigenvalue weighted by molar-refractivity contribution is 7.17. The molecular formula is C18H21N3OS. The summed E-state index contributed by atoms with van der Waals surface area (Å²) in [7, 11) is 0. The molecule has 0 spiro atoms. The number of nitrogens with one attached hydrogen (secondary N) is 1. The maximum Gasteiger partial charge on any atom is 0.263 e. The lowest BCUT2D eigenvalue weighted by Crippen LogP contribution is -2.57. The Bertz CT molecular complexity index is 704. The molecule has 4 nitrogen and oxygen atoms in total. The van der Waals surface area contributed by atoms with Crippen molar-refractivity contribution in [3.8, 4) is 10.6 Å². The van der Waals surface area contributed by atoms with Crippen LogP contribution in [0.1, 0.15) is 28.2 Å². The largest absolute Gasteiger partial charge is 0.347 e. The molecule has 2 aromatic rings. The second-order valence-corrected chi connectivity index (χ2v) is 7.52. The number of aryl methyl sites for hydroxylation is 1. The number of thiazole rings is 1. The highest BCUT2D eigenvalue weighted by atomic mass is 32.1. The van der Waals surface area contributed by atoms with Crippen molar-refractivity contribution in [3.63, 3.8) is 0 Å². The summed E-state index contributed by atoms with van der Waals surface area (Å²) in [5, 5.41) is 4.18. The van der Waals surface area contributed by atoms with Crippen LogP contribution in [0.2, 0.25) is 0 Å². The molecule has 3 aliphatic rings. The van der Waals surface area contributed by atoms with E-state index in [-0.39, 0.29) is 5.91 Å². The van der Waals surface area contributed by atoms with Gasteiger partial charge < -0.3 is 10.2 Å². The number of carbonyl (C=O) groups is 1. The third kappa shape index (κ3) is 2.91. The van der Waals surface area contributed by atoms with Crippen LogP contribution in [0.4, 0.5) is 0 Å². The lowest BCUT2D eigenvalue weighted by atomic mass is 9.84. The lowest BCUT2D eigenvalue weighted by Gasteiger charge is -2.44. The van der Waals surface area contributed by atoms with Gasteiger partial charge in [0.05, 0.1) is 5.69 Å². The number of rotatable bonds is 3. The van der Waals surface area contributed by atoms with Gasteiger partial charge in [-0.05, 0) is 38.8 Å². The van der Waals surface area contributed by atoms with Crippen molar-refractivity contribution in [1.29, 1.82) is 0 Å². The number of hydrogen-bond donors (Lipinski definition) is 1. The highest BCUT2D eigenvalue weighted by Crippen LogP contribution is 2.30. The zero-order valence-corrected chi connectivity index (χ0v) is 14.1. The Morgan fingerprint density at radius 3 is 2.65 bits per heavy atom. The van der Waals surface area contributed by atoms with E-state index in [9.17, 15) is 4.79 Å². The third-order valence-electron chi connectivity index (χ3n) is 5.00. The van der Waals surface area contributed by atoms with Crippen LogP contribution >= 0.6 is 11.3 Å². The summed E-state index contributed by atoms with van der Waals surface area (Å²) < 4.78 is 0. The van der Waals surface area contributed by atoms with Gasteiger partial charge in [0.1, 0.15) is 9.88 Å². The summed E-state index contributed by atoms with van der Waals surface area (Å²) in [6, 6.07) is 10.4. The fraction of sp³-hybridized carbons (Fsp3) is 0.444. The van der Waals surface area contributed by atoms with Gasteiger partial charge in [-0.1, -0.05) is 30.3 Å². The molecule has 4 heterocycles. The Morgan fingerprint density at radius 2 is 2.00 bits per heavy atom. The van der Waals surface area contributed by atoms with Crippen molar-refractivity contribution in [2.75, 3.05) is 19.6 Å². The van der Waals surface area contributed by atoms with E-state index in [1.54, 1.807) is 0 Å². The molecular weight excluding hydrogens is 306 g/mol. The summed E-state index contributed by atoms with van der Waals surface area (Å²) in [5.74, 6) is 0.687. The summed E-state index contributed by atoms with van der Waals surface area (Å²) in [5.41, 5.74) is 1.90. The van der Waals surface area contributed by atoms with Gasteiger partial charge >= 0.3 is 0 Å². The number of benzene rings is 1. The molecule has 0 radical (unpaired) electrons. The molecule has 23 heavy (non-hydrogen) atoms. The monoisotopic (exact) mass is 327 g/mol. The van der Waals surface area contributed by atoms with E-state index in [2.05, 4.69) is 15.2 Å². The molecule has 1 unspecified atom stereocenters. The van der Waals surface area contributed by atoms with Gasteiger partial charge in [0.15, 0.2) is 0 Å². The van der Waals surface area contributed by atoms with E-state index in [0.717, 1.165) is 27.7 Å². The molecule has 120 valence electrons. The van der Waals surface area contributed by atoms with Gasteiger partial charge in [0.25, 0.3) is 5.91 Å². The highest BCUT2D eigenvalue weighted by Gasteiger charge is 2.35. The van der Waals surface area contributed by atoms with Gasteiger partial charge in [0.2, 0.25) is 0 Å². The van der Waals surface area contributed by atoms with Crippen LogP contribution in [0.25, 0.3) is 10.6 Å². The number of amides is 1. The molecule has 3 aliphatic heterocycles. The molecule has 3 fully saturated rings. The standard InChI is InChI=1S/C18H21N3OS/c1-12-16(23-18(19-12)14-5-3-2-4-6-14)17(22)20-15-11-21-9-7-13(15)8-10-21/h2-6,13,15H,7-11H2,1H3,(H,20,22). The average Bonchev–Trinajstić information content (AvgIpc) is 2.99. The Kier molecular flexibility index (Phi) is 3.91. The minimum absolute atomic E-state index is 0.0425. The average molecular weight is 327 g/mol. The fourth-order valence-corrected chi connectivity index (χ4v) is 4.65. The van der Waals surface area contributed by atoms with E-state index in [1.165, 1.54) is 37.3 Å². The van der Waals surface area contributed by atoms with Crippen LogP contribution in [0.15, 0.2) is 30.3 Å². The number of piperidine rings is 3. The topological polar surface area (TPSA) is 45.2 Å². The molecule has 0 aliphatic carbocycles. The van der Waals surface area contributed by atoms with Crippen molar-refractivity contribution >= 4 is 17.2 Å². The predicted octanol–water partition coefficient (Wildman–Crippen LogP) is 2.94. The van der Waals surface area contributed by atoms with Crippen molar-refractivity contribution in [3.05, 3.63) is 40.9 Å². The molecule has 2 bridgehead atoms. The van der Waals surface area contributed by atoms with E-state index in [0.29, 0.717) is 12.0 Å². The molecule has 1 aromatic heterocycles. The van der Waals surface area contributed by atoms with Gasteiger partial charge in [-0.2, -0.15) is 0 Å². The van der Waals surface area contributed by atoms with Crippen LogP contribution in [0.5, 0.6) is 0 Å². The Hall–Kier alpha value is -1.72. The molecule has 3 saturated heterocycles. The van der Waals surface area contributed by atoms with E-state index >= 15 is 0 Å². The first-order chi connectivity index (χ1) is 11.2. The quantitative estimate of drug-likeness (QED) is 0.943. The van der Waals surface area contributed by atoms with Crippen molar-refractivity contribution in [1.82, 2.24) is 15.2 Å². The Balaban J connectivity index is 1.52. The van der Waals surface area contributed by atoms with E-state index < -0.39 is 0 Å². The van der Waals surface area contributed by atoms with Gasteiger partial charge in [0, 0.05) is 18.2 Å². The molecule has 1 amide bonds. The smallest absolute Gasteiger partial charge is 0.263 e. The van der Waals surface area contributed by atoms with Gasteiger partial charge in [-0.3, -0.25) is 4.79 Å². The van der Waals surface area contributed by atoms with Crippen molar-refractivity contribution in [2.45, 2.75) is 25.8 Å². The molecule has 5 rings (SSSR count). The molecule has 0 saturated carbocycles.